The number of aromatic hydroxyl groups is 1. The lowest BCUT2D eigenvalue weighted by atomic mass is 9.75. The summed E-state index contributed by atoms with van der Waals surface area (Å²) in [5.41, 5.74) is 2.10. The van der Waals surface area contributed by atoms with Crippen molar-refractivity contribution in [2.45, 2.75) is 33.0 Å². The first kappa shape index (κ1) is 16.8. The minimum Gasteiger partial charge on any atom is -0.508 e. The van der Waals surface area contributed by atoms with E-state index in [1.165, 1.54) is 7.11 Å². The number of carbonyl (C=O) groups is 1. The molecular formula is C17H24O5. The molecule has 22 heavy (non-hydrogen) atoms. The van der Waals surface area contributed by atoms with E-state index >= 15 is 0 Å². The van der Waals surface area contributed by atoms with Gasteiger partial charge in [0.05, 0.1) is 13.0 Å². The van der Waals surface area contributed by atoms with Crippen LogP contribution in [-0.4, -0.2) is 37.7 Å². The normalized spacial score (nSPS) is 20.7. The molecule has 0 aliphatic heterocycles. The average molecular weight is 308 g/mol. The van der Waals surface area contributed by atoms with Gasteiger partial charge in [0.25, 0.3) is 0 Å². The van der Waals surface area contributed by atoms with E-state index in [0.29, 0.717) is 26.1 Å². The fourth-order valence-electron chi connectivity index (χ4n) is 3.11. The van der Waals surface area contributed by atoms with Crippen LogP contribution >= 0.6 is 0 Å². The van der Waals surface area contributed by atoms with E-state index < -0.39 is 6.29 Å². The van der Waals surface area contributed by atoms with Gasteiger partial charge in [0.2, 0.25) is 0 Å². The standard InChI is InChI=1S/C17H24O5/c1-4-21-17(22-5-2)15-10-12-8-13(18)7-6-11(12)9-14(15)16(19)20-3/h6-8,14-15,17-18H,4-5,9-10H2,1-3H3. The van der Waals surface area contributed by atoms with Crippen LogP contribution in [0.2, 0.25) is 0 Å². The highest BCUT2D eigenvalue weighted by molar-refractivity contribution is 5.73. The van der Waals surface area contributed by atoms with Crippen molar-refractivity contribution in [3.05, 3.63) is 29.3 Å². The molecule has 5 nitrogen and oxygen atoms in total. The molecule has 0 aromatic heterocycles. The number of carbonyl (C=O) groups excluding carboxylic acids is 1. The number of benzene rings is 1. The van der Waals surface area contributed by atoms with Gasteiger partial charge in [-0.3, -0.25) is 4.79 Å². The smallest absolute Gasteiger partial charge is 0.309 e. The first-order valence-corrected chi connectivity index (χ1v) is 7.72. The number of methoxy groups -OCH3 is 1. The van der Waals surface area contributed by atoms with E-state index in [4.69, 9.17) is 14.2 Å². The van der Waals surface area contributed by atoms with Gasteiger partial charge in [-0.05, 0) is 49.9 Å². The number of rotatable bonds is 6. The molecule has 0 fully saturated rings. The predicted molar refractivity (Wildman–Crippen MR) is 81.6 cm³/mol. The molecule has 5 heteroatoms. The Balaban J connectivity index is 2.32. The number of ether oxygens (including phenoxy) is 3. The zero-order valence-corrected chi connectivity index (χ0v) is 13.4. The van der Waals surface area contributed by atoms with Crippen LogP contribution in [0.15, 0.2) is 18.2 Å². The van der Waals surface area contributed by atoms with Crippen LogP contribution < -0.4 is 0 Å². The molecule has 1 aliphatic carbocycles. The van der Waals surface area contributed by atoms with Gasteiger partial charge in [-0.1, -0.05) is 6.07 Å². The van der Waals surface area contributed by atoms with Gasteiger partial charge in [0, 0.05) is 19.1 Å². The summed E-state index contributed by atoms with van der Waals surface area (Å²) < 4.78 is 16.4. The van der Waals surface area contributed by atoms with Gasteiger partial charge in [0.15, 0.2) is 6.29 Å². The second kappa shape index (κ2) is 7.61. The van der Waals surface area contributed by atoms with Gasteiger partial charge in [0.1, 0.15) is 5.75 Å². The summed E-state index contributed by atoms with van der Waals surface area (Å²) in [6.07, 6.45) is 0.743. The Labute approximate surface area is 131 Å². The summed E-state index contributed by atoms with van der Waals surface area (Å²) in [6.45, 7) is 4.84. The molecule has 0 spiro atoms. The van der Waals surface area contributed by atoms with Crippen molar-refractivity contribution in [2.75, 3.05) is 20.3 Å². The van der Waals surface area contributed by atoms with Crippen molar-refractivity contribution in [2.24, 2.45) is 11.8 Å². The topological polar surface area (TPSA) is 65.0 Å². The highest BCUT2D eigenvalue weighted by Gasteiger charge is 2.40. The van der Waals surface area contributed by atoms with Crippen LogP contribution in [-0.2, 0) is 31.8 Å². The van der Waals surface area contributed by atoms with Crippen LogP contribution in [0.25, 0.3) is 0 Å². The molecule has 0 saturated heterocycles. The molecule has 2 rings (SSSR count). The molecule has 0 heterocycles. The van der Waals surface area contributed by atoms with E-state index in [0.717, 1.165) is 11.1 Å². The van der Waals surface area contributed by atoms with E-state index in [1.54, 1.807) is 12.1 Å². The number of phenolic OH excluding ortho intramolecular Hbond substituents is 1. The summed E-state index contributed by atoms with van der Waals surface area (Å²) >= 11 is 0. The molecule has 0 bridgehead atoms. The molecule has 1 aliphatic rings. The van der Waals surface area contributed by atoms with Crippen LogP contribution in [0.1, 0.15) is 25.0 Å². The highest BCUT2D eigenvalue weighted by atomic mass is 16.7. The fourth-order valence-corrected chi connectivity index (χ4v) is 3.11. The van der Waals surface area contributed by atoms with Gasteiger partial charge in [-0.25, -0.2) is 0 Å². The lowest BCUT2D eigenvalue weighted by Gasteiger charge is -2.36. The average Bonchev–Trinajstić information content (AvgIpc) is 2.52. The minimum atomic E-state index is -0.449. The van der Waals surface area contributed by atoms with Gasteiger partial charge in [-0.2, -0.15) is 0 Å². The van der Waals surface area contributed by atoms with Crippen molar-refractivity contribution in [1.82, 2.24) is 0 Å². The summed E-state index contributed by atoms with van der Waals surface area (Å²) in [5, 5.41) is 9.69. The second-order valence-corrected chi connectivity index (χ2v) is 5.43. The number of fused-ring (bicyclic) bond motifs is 1. The summed E-state index contributed by atoms with van der Waals surface area (Å²) in [6, 6.07) is 5.27. The number of hydrogen-bond donors (Lipinski definition) is 1. The Hall–Kier alpha value is -1.59. The third-order valence-corrected chi connectivity index (χ3v) is 4.12. The summed E-state index contributed by atoms with van der Waals surface area (Å²) in [7, 11) is 1.40. The third kappa shape index (κ3) is 3.59. The predicted octanol–water partition coefficient (Wildman–Crippen LogP) is 2.30. The van der Waals surface area contributed by atoms with Crippen molar-refractivity contribution >= 4 is 5.97 Å². The fraction of sp³-hybridized carbons (Fsp3) is 0.588. The Morgan fingerprint density at radius 3 is 2.50 bits per heavy atom. The lowest BCUT2D eigenvalue weighted by molar-refractivity contribution is -0.187. The molecule has 1 N–H and O–H groups in total. The molecule has 2 unspecified atom stereocenters. The van der Waals surface area contributed by atoms with Crippen molar-refractivity contribution in [3.8, 4) is 5.75 Å². The van der Waals surface area contributed by atoms with E-state index in [-0.39, 0.29) is 23.6 Å². The van der Waals surface area contributed by atoms with Crippen molar-refractivity contribution in [3.63, 3.8) is 0 Å². The van der Waals surface area contributed by atoms with E-state index in [1.807, 2.05) is 19.9 Å². The summed E-state index contributed by atoms with van der Waals surface area (Å²) in [4.78, 5) is 12.2. The molecule has 2 atom stereocenters. The SMILES string of the molecule is CCOC(OCC)C1Cc2cc(O)ccc2CC1C(=O)OC. The van der Waals surface area contributed by atoms with Crippen LogP contribution in [0, 0.1) is 11.8 Å². The molecule has 1 aromatic carbocycles. The van der Waals surface area contributed by atoms with Crippen molar-refractivity contribution in [1.29, 1.82) is 0 Å². The van der Waals surface area contributed by atoms with Crippen LogP contribution in [0.3, 0.4) is 0 Å². The first-order chi connectivity index (χ1) is 10.6. The zero-order chi connectivity index (χ0) is 16.1. The largest absolute Gasteiger partial charge is 0.508 e. The highest BCUT2D eigenvalue weighted by Crippen LogP contribution is 2.36. The third-order valence-electron chi connectivity index (χ3n) is 4.12. The maximum atomic E-state index is 12.2. The molecule has 1 aromatic rings. The quantitative estimate of drug-likeness (QED) is 0.645. The number of hydrogen-bond acceptors (Lipinski definition) is 5. The maximum Gasteiger partial charge on any atom is 0.309 e. The Morgan fingerprint density at radius 1 is 1.23 bits per heavy atom. The minimum absolute atomic E-state index is 0.123. The second-order valence-electron chi connectivity index (χ2n) is 5.43. The number of phenols is 1. The van der Waals surface area contributed by atoms with Crippen LogP contribution in [0.4, 0.5) is 0 Å². The first-order valence-electron chi connectivity index (χ1n) is 7.72. The lowest BCUT2D eigenvalue weighted by Crippen LogP contribution is -2.42. The molecule has 0 amide bonds. The zero-order valence-electron chi connectivity index (χ0n) is 13.4. The van der Waals surface area contributed by atoms with E-state index in [2.05, 4.69) is 0 Å². The Morgan fingerprint density at radius 2 is 1.91 bits per heavy atom. The van der Waals surface area contributed by atoms with Crippen LogP contribution in [0.5, 0.6) is 5.75 Å². The Bertz CT molecular complexity index is 508. The van der Waals surface area contributed by atoms with E-state index in [9.17, 15) is 9.90 Å². The molecular weight excluding hydrogens is 284 g/mol. The monoisotopic (exact) mass is 308 g/mol. The molecule has 0 radical (unpaired) electrons. The Kier molecular flexibility index (Phi) is 5.80. The van der Waals surface area contributed by atoms with Gasteiger partial charge >= 0.3 is 5.97 Å². The molecule has 0 saturated carbocycles. The summed E-state index contributed by atoms with van der Waals surface area (Å²) in [5.74, 6) is -0.432. The maximum absolute atomic E-state index is 12.2. The number of esters is 1. The molecule has 122 valence electrons. The van der Waals surface area contributed by atoms with Crippen molar-refractivity contribution < 1.29 is 24.1 Å². The van der Waals surface area contributed by atoms with Gasteiger partial charge in [-0.15, -0.1) is 0 Å². The van der Waals surface area contributed by atoms with Gasteiger partial charge < -0.3 is 19.3 Å².